The molecule has 0 spiro atoms. The van der Waals surface area contributed by atoms with E-state index in [1.54, 1.807) is 43.0 Å². The van der Waals surface area contributed by atoms with Gasteiger partial charge in [0.05, 0.1) is 34.0 Å². The first kappa shape index (κ1) is 21.3. The van der Waals surface area contributed by atoms with E-state index in [0.29, 0.717) is 50.4 Å². The van der Waals surface area contributed by atoms with E-state index in [1.165, 1.54) is 0 Å². The molecule has 6 aromatic rings. The van der Waals surface area contributed by atoms with Crippen LogP contribution in [0.3, 0.4) is 0 Å². The molecule has 5 heterocycles. The molecular formula is C27H19FN8O. The number of benzene rings is 1. The molecule has 0 saturated heterocycles. The second-order valence-electron chi connectivity index (χ2n) is 9.01. The predicted octanol–water partition coefficient (Wildman–Crippen LogP) is 5.11. The Labute approximate surface area is 209 Å². The molecule has 5 aromatic heterocycles. The van der Waals surface area contributed by atoms with Gasteiger partial charge in [0.1, 0.15) is 11.5 Å². The van der Waals surface area contributed by atoms with Crippen LogP contribution < -0.4 is 5.32 Å². The van der Waals surface area contributed by atoms with Gasteiger partial charge in [0, 0.05) is 41.2 Å². The molecule has 10 heteroatoms. The highest BCUT2D eigenvalue weighted by Crippen LogP contribution is 2.35. The summed E-state index contributed by atoms with van der Waals surface area (Å²) in [6.45, 7) is 0. The topological polar surface area (TPSA) is 125 Å². The predicted molar refractivity (Wildman–Crippen MR) is 137 cm³/mol. The number of halogens is 1. The molecule has 37 heavy (non-hydrogen) atoms. The second-order valence-corrected chi connectivity index (χ2v) is 9.01. The van der Waals surface area contributed by atoms with E-state index >= 15 is 4.39 Å². The number of H-pyrrole nitrogens is 2. The standard InChI is InChI=1S/C27H19FN8O/c28-22-17(15-11-16(13-29-12-15)32-27(37)14-4-5-14)6-7-20-21(22)24(36-35-20)26-33-23-18(8-10-31-25(23)34-26)19-3-1-2-9-30-19/h1-3,6-14H,4-5H2,(H,32,37)(H,35,36)(H,31,33,34). The zero-order chi connectivity index (χ0) is 24.9. The Bertz CT molecular complexity index is 1810. The van der Waals surface area contributed by atoms with Crippen LogP contribution in [-0.2, 0) is 4.79 Å². The van der Waals surface area contributed by atoms with Crippen LogP contribution in [0, 0.1) is 11.7 Å². The van der Waals surface area contributed by atoms with Crippen LogP contribution in [0.5, 0.6) is 0 Å². The number of fused-ring (bicyclic) bond motifs is 2. The molecule has 1 fully saturated rings. The third kappa shape index (κ3) is 3.70. The van der Waals surface area contributed by atoms with Gasteiger partial charge in [-0.3, -0.25) is 19.9 Å². The summed E-state index contributed by atoms with van der Waals surface area (Å²) in [5, 5.41) is 10.4. The average Bonchev–Trinajstić information content (AvgIpc) is 3.54. The van der Waals surface area contributed by atoms with Gasteiger partial charge in [-0.25, -0.2) is 14.4 Å². The lowest BCUT2D eigenvalue weighted by Gasteiger charge is -2.08. The summed E-state index contributed by atoms with van der Waals surface area (Å²) in [4.78, 5) is 33.1. The summed E-state index contributed by atoms with van der Waals surface area (Å²) in [6, 6.07) is 12.7. The highest BCUT2D eigenvalue weighted by molar-refractivity contribution is 5.98. The molecule has 1 aromatic carbocycles. The molecule has 0 aliphatic heterocycles. The van der Waals surface area contributed by atoms with Gasteiger partial charge in [-0.05, 0) is 49.2 Å². The highest BCUT2D eigenvalue weighted by atomic mass is 19.1. The quantitative estimate of drug-likeness (QED) is 0.308. The Morgan fingerprint density at radius 2 is 1.95 bits per heavy atom. The van der Waals surface area contributed by atoms with Gasteiger partial charge >= 0.3 is 0 Å². The average molecular weight is 491 g/mol. The van der Waals surface area contributed by atoms with E-state index in [1.807, 2.05) is 24.3 Å². The fourth-order valence-corrected chi connectivity index (χ4v) is 4.47. The molecule has 0 atom stereocenters. The molecule has 1 aliphatic rings. The maximum absolute atomic E-state index is 16.0. The molecular weight excluding hydrogens is 471 g/mol. The molecule has 1 saturated carbocycles. The van der Waals surface area contributed by atoms with Gasteiger partial charge in [0.2, 0.25) is 5.91 Å². The van der Waals surface area contributed by atoms with Gasteiger partial charge in [-0.1, -0.05) is 6.07 Å². The van der Waals surface area contributed by atoms with Crippen LogP contribution in [0.25, 0.3) is 56.0 Å². The van der Waals surface area contributed by atoms with Crippen molar-refractivity contribution in [3.05, 3.63) is 73.1 Å². The number of carbonyl (C=O) groups is 1. The van der Waals surface area contributed by atoms with E-state index in [2.05, 4.69) is 40.4 Å². The molecule has 7 rings (SSSR count). The van der Waals surface area contributed by atoms with E-state index in [-0.39, 0.29) is 11.8 Å². The third-order valence-corrected chi connectivity index (χ3v) is 6.49. The van der Waals surface area contributed by atoms with Crippen LogP contribution in [0.2, 0.25) is 0 Å². The molecule has 1 amide bonds. The Balaban J connectivity index is 1.32. The number of anilines is 1. The zero-order valence-electron chi connectivity index (χ0n) is 19.4. The van der Waals surface area contributed by atoms with E-state index in [4.69, 9.17) is 0 Å². The zero-order valence-corrected chi connectivity index (χ0v) is 19.4. The Hall–Kier alpha value is -4.99. The van der Waals surface area contributed by atoms with Gasteiger partial charge in [-0.2, -0.15) is 5.10 Å². The van der Waals surface area contributed by atoms with Gasteiger partial charge in [-0.15, -0.1) is 0 Å². The number of hydrogen-bond donors (Lipinski definition) is 3. The van der Waals surface area contributed by atoms with Crippen molar-refractivity contribution in [1.82, 2.24) is 35.1 Å². The van der Waals surface area contributed by atoms with Crippen molar-refractivity contribution < 1.29 is 9.18 Å². The third-order valence-electron chi connectivity index (χ3n) is 6.49. The summed E-state index contributed by atoms with van der Waals surface area (Å²) >= 11 is 0. The number of hydrogen-bond acceptors (Lipinski definition) is 6. The number of imidazole rings is 1. The number of aromatic nitrogens is 7. The fraction of sp³-hybridized carbons (Fsp3) is 0.111. The Morgan fingerprint density at radius 3 is 2.78 bits per heavy atom. The summed E-state index contributed by atoms with van der Waals surface area (Å²) in [6.07, 6.45) is 8.31. The summed E-state index contributed by atoms with van der Waals surface area (Å²) in [5.74, 6) is -0.0545. The van der Waals surface area contributed by atoms with Crippen molar-refractivity contribution in [2.75, 3.05) is 5.32 Å². The molecule has 0 unspecified atom stereocenters. The lowest BCUT2D eigenvalue weighted by atomic mass is 10.0. The molecule has 0 bridgehead atoms. The first-order chi connectivity index (χ1) is 18.2. The smallest absolute Gasteiger partial charge is 0.227 e. The maximum atomic E-state index is 16.0. The second kappa shape index (κ2) is 8.30. The molecule has 3 N–H and O–H groups in total. The summed E-state index contributed by atoms with van der Waals surface area (Å²) in [5.41, 5.74) is 5.06. The number of amides is 1. The minimum atomic E-state index is -0.466. The largest absolute Gasteiger partial charge is 0.335 e. The minimum Gasteiger partial charge on any atom is -0.335 e. The van der Waals surface area contributed by atoms with E-state index in [0.717, 1.165) is 24.1 Å². The number of nitrogens with zero attached hydrogens (tertiary/aromatic N) is 5. The van der Waals surface area contributed by atoms with Gasteiger partial charge < -0.3 is 10.3 Å². The lowest BCUT2D eigenvalue weighted by Crippen LogP contribution is -2.13. The Kier molecular flexibility index (Phi) is 4.78. The summed E-state index contributed by atoms with van der Waals surface area (Å²) in [7, 11) is 0. The van der Waals surface area contributed by atoms with Crippen LogP contribution >= 0.6 is 0 Å². The van der Waals surface area contributed by atoms with Crippen molar-refractivity contribution in [1.29, 1.82) is 0 Å². The van der Waals surface area contributed by atoms with Gasteiger partial charge in [0.25, 0.3) is 0 Å². The van der Waals surface area contributed by atoms with Crippen molar-refractivity contribution >= 4 is 33.7 Å². The van der Waals surface area contributed by atoms with Crippen LogP contribution in [0.4, 0.5) is 10.1 Å². The van der Waals surface area contributed by atoms with Crippen molar-refractivity contribution in [3.8, 4) is 33.9 Å². The first-order valence-corrected chi connectivity index (χ1v) is 11.8. The van der Waals surface area contributed by atoms with Crippen LogP contribution in [0.1, 0.15) is 12.8 Å². The van der Waals surface area contributed by atoms with Crippen molar-refractivity contribution in [3.63, 3.8) is 0 Å². The molecule has 1 aliphatic carbocycles. The fourth-order valence-electron chi connectivity index (χ4n) is 4.47. The minimum absolute atomic E-state index is 0.0319. The van der Waals surface area contributed by atoms with E-state index in [9.17, 15) is 4.79 Å². The first-order valence-electron chi connectivity index (χ1n) is 11.8. The van der Waals surface area contributed by atoms with E-state index < -0.39 is 5.82 Å². The number of carbonyl (C=O) groups excluding carboxylic acids is 1. The summed E-state index contributed by atoms with van der Waals surface area (Å²) < 4.78 is 16.0. The molecule has 180 valence electrons. The maximum Gasteiger partial charge on any atom is 0.227 e. The van der Waals surface area contributed by atoms with Crippen LogP contribution in [0.15, 0.2) is 67.3 Å². The number of nitrogens with one attached hydrogen (secondary N) is 3. The van der Waals surface area contributed by atoms with Crippen molar-refractivity contribution in [2.24, 2.45) is 5.92 Å². The number of aromatic amines is 2. The monoisotopic (exact) mass is 490 g/mol. The molecule has 9 nitrogen and oxygen atoms in total. The normalized spacial score (nSPS) is 13.3. The number of pyridine rings is 3. The molecule has 0 radical (unpaired) electrons. The van der Waals surface area contributed by atoms with Crippen LogP contribution in [-0.4, -0.2) is 41.0 Å². The van der Waals surface area contributed by atoms with Gasteiger partial charge in [0.15, 0.2) is 11.5 Å². The Morgan fingerprint density at radius 1 is 1.03 bits per heavy atom. The highest BCUT2D eigenvalue weighted by Gasteiger charge is 2.29. The SMILES string of the molecule is O=C(Nc1cncc(-c2ccc3[nH]nc(-c4nc5nccc(-c6ccccn6)c5[nH]4)c3c2F)c1)C1CC1. The lowest BCUT2D eigenvalue weighted by molar-refractivity contribution is -0.117. The number of rotatable bonds is 5. The van der Waals surface area contributed by atoms with Crippen molar-refractivity contribution in [2.45, 2.75) is 12.8 Å².